The van der Waals surface area contributed by atoms with Crippen LogP contribution in [0.25, 0.3) is 0 Å². The molecule has 0 heterocycles. The Morgan fingerprint density at radius 3 is 2.64 bits per heavy atom. The van der Waals surface area contributed by atoms with Gasteiger partial charge >= 0.3 is 0 Å². The summed E-state index contributed by atoms with van der Waals surface area (Å²) >= 11 is 0. The molecule has 14 heavy (non-hydrogen) atoms. The third-order valence-corrected chi connectivity index (χ3v) is 2.71. The van der Waals surface area contributed by atoms with Crippen molar-refractivity contribution in [1.29, 1.82) is 0 Å². The van der Waals surface area contributed by atoms with Crippen molar-refractivity contribution in [2.45, 2.75) is 33.6 Å². The van der Waals surface area contributed by atoms with Crippen LogP contribution in [-0.4, -0.2) is 5.78 Å². The Labute approximate surface area is 86.2 Å². The number of hydrogen-bond acceptors (Lipinski definition) is 1. The van der Waals surface area contributed by atoms with E-state index in [1.807, 2.05) is 39.0 Å². The van der Waals surface area contributed by atoms with Gasteiger partial charge in [-0.25, -0.2) is 0 Å². The quantitative estimate of drug-likeness (QED) is 0.579. The van der Waals surface area contributed by atoms with Crippen LogP contribution in [0, 0.1) is 5.92 Å². The van der Waals surface area contributed by atoms with Crippen molar-refractivity contribution in [2.75, 3.05) is 0 Å². The van der Waals surface area contributed by atoms with Gasteiger partial charge in [-0.15, -0.1) is 0 Å². The summed E-state index contributed by atoms with van der Waals surface area (Å²) in [7, 11) is 0. The van der Waals surface area contributed by atoms with Crippen molar-refractivity contribution >= 4 is 5.78 Å². The Kier molecular flexibility index (Phi) is 3.87. The van der Waals surface area contributed by atoms with Crippen molar-refractivity contribution in [3.05, 3.63) is 35.5 Å². The van der Waals surface area contributed by atoms with Gasteiger partial charge in [-0.1, -0.05) is 31.2 Å². The Morgan fingerprint density at radius 1 is 1.36 bits per heavy atom. The number of ketones is 1. The zero-order valence-electron chi connectivity index (χ0n) is 9.21. The second-order valence-electron chi connectivity index (χ2n) is 3.72. The molecule has 1 aliphatic carbocycles. The van der Waals surface area contributed by atoms with Gasteiger partial charge in [0.2, 0.25) is 0 Å². The Balaban J connectivity index is 2.99. The van der Waals surface area contributed by atoms with Crippen LogP contribution in [0.3, 0.4) is 0 Å². The monoisotopic (exact) mass is 190 g/mol. The molecule has 0 aliphatic heterocycles. The lowest BCUT2D eigenvalue weighted by Gasteiger charge is -2.21. The molecule has 0 radical (unpaired) electrons. The molecule has 1 aliphatic rings. The molecule has 0 spiro atoms. The van der Waals surface area contributed by atoms with E-state index in [0.29, 0.717) is 5.78 Å². The molecule has 1 heteroatoms. The first-order valence-corrected chi connectivity index (χ1v) is 5.23. The van der Waals surface area contributed by atoms with Crippen molar-refractivity contribution in [3.63, 3.8) is 0 Å². The fourth-order valence-corrected chi connectivity index (χ4v) is 1.74. The first-order chi connectivity index (χ1) is 6.70. The van der Waals surface area contributed by atoms with Gasteiger partial charge in [0.15, 0.2) is 5.78 Å². The summed E-state index contributed by atoms with van der Waals surface area (Å²) < 4.78 is 0. The zero-order chi connectivity index (χ0) is 10.6. The number of allylic oxidation sites excluding steroid dienone is 6. The average Bonchev–Trinajstić information content (AvgIpc) is 2.20. The summed E-state index contributed by atoms with van der Waals surface area (Å²) in [5.41, 5.74) is 2.11. The molecule has 0 N–H and O–H groups in total. The largest absolute Gasteiger partial charge is 0.294 e. The summed E-state index contributed by atoms with van der Waals surface area (Å²) in [6.45, 7) is 5.98. The minimum atomic E-state index is 0.190. The van der Waals surface area contributed by atoms with Crippen LogP contribution < -0.4 is 0 Å². The van der Waals surface area contributed by atoms with E-state index in [1.54, 1.807) is 0 Å². The van der Waals surface area contributed by atoms with E-state index >= 15 is 0 Å². The van der Waals surface area contributed by atoms with Crippen molar-refractivity contribution in [1.82, 2.24) is 0 Å². The molecular formula is C13H18O. The molecule has 0 saturated heterocycles. The molecule has 0 amide bonds. The highest BCUT2D eigenvalue weighted by Crippen LogP contribution is 2.29. The summed E-state index contributed by atoms with van der Waals surface area (Å²) in [5, 5.41) is 0. The summed E-state index contributed by atoms with van der Waals surface area (Å²) in [4.78, 5) is 11.9. The Bertz CT molecular complexity index is 305. The van der Waals surface area contributed by atoms with E-state index in [4.69, 9.17) is 0 Å². The van der Waals surface area contributed by atoms with Crippen molar-refractivity contribution < 1.29 is 4.79 Å². The van der Waals surface area contributed by atoms with Gasteiger partial charge in [0.05, 0.1) is 0 Å². The van der Waals surface area contributed by atoms with Crippen LogP contribution >= 0.6 is 0 Å². The van der Waals surface area contributed by atoms with Crippen LogP contribution in [0.15, 0.2) is 35.5 Å². The summed E-state index contributed by atoms with van der Waals surface area (Å²) in [6.07, 6.45) is 9.91. The standard InChI is InChI=1S/C13H18O/c1-4-6-7-12-11(5-2)9-8-10(3)13(12)14/h4-7,10H,8-9H2,1-3H3/b6-4-,11-5-,12-7+. The smallest absolute Gasteiger partial charge is 0.165 e. The minimum Gasteiger partial charge on any atom is -0.294 e. The number of Topliss-reactive ketones (excluding diaryl/α,β-unsaturated/α-hetero) is 1. The van der Waals surface area contributed by atoms with Crippen LogP contribution in [0.2, 0.25) is 0 Å². The zero-order valence-corrected chi connectivity index (χ0v) is 9.21. The molecule has 0 aromatic heterocycles. The molecule has 0 aromatic carbocycles. The van der Waals surface area contributed by atoms with Crippen LogP contribution in [-0.2, 0) is 4.79 Å². The molecule has 0 aromatic rings. The SMILES string of the molecule is C\C=C/C=C1/C(=O)C(C)CC/C1=C/C. The molecule has 76 valence electrons. The molecule has 1 fully saturated rings. The van der Waals surface area contributed by atoms with E-state index in [9.17, 15) is 4.79 Å². The average molecular weight is 190 g/mol. The predicted octanol–water partition coefficient (Wildman–Crippen LogP) is 3.43. The number of hydrogen-bond donors (Lipinski definition) is 0. The number of carbonyl (C=O) groups excluding carboxylic acids is 1. The van der Waals surface area contributed by atoms with E-state index in [1.165, 1.54) is 5.57 Å². The number of carbonyl (C=O) groups is 1. The second kappa shape index (κ2) is 4.94. The molecule has 1 nitrogen and oxygen atoms in total. The van der Waals surface area contributed by atoms with Gasteiger partial charge in [0, 0.05) is 11.5 Å². The third-order valence-electron chi connectivity index (χ3n) is 2.71. The van der Waals surface area contributed by atoms with Crippen LogP contribution in [0.4, 0.5) is 0 Å². The van der Waals surface area contributed by atoms with Crippen molar-refractivity contribution in [3.8, 4) is 0 Å². The van der Waals surface area contributed by atoms with Gasteiger partial charge in [-0.2, -0.15) is 0 Å². The molecule has 1 unspecified atom stereocenters. The third kappa shape index (κ3) is 2.22. The topological polar surface area (TPSA) is 17.1 Å². The van der Waals surface area contributed by atoms with Gasteiger partial charge in [0.1, 0.15) is 0 Å². The Morgan fingerprint density at radius 2 is 2.07 bits per heavy atom. The maximum absolute atomic E-state index is 11.9. The van der Waals surface area contributed by atoms with E-state index < -0.39 is 0 Å². The van der Waals surface area contributed by atoms with Crippen molar-refractivity contribution in [2.24, 2.45) is 5.92 Å². The van der Waals surface area contributed by atoms with Gasteiger partial charge in [0.25, 0.3) is 0 Å². The first kappa shape index (κ1) is 11.0. The van der Waals surface area contributed by atoms with E-state index in [0.717, 1.165) is 18.4 Å². The Hall–Kier alpha value is -1.11. The highest BCUT2D eigenvalue weighted by Gasteiger charge is 2.25. The lowest BCUT2D eigenvalue weighted by molar-refractivity contribution is -0.119. The molecule has 1 saturated carbocycles. The number of rotatable bonds is 1. The normalized spacial score (nSPS) is 29.4. The second-order valence-corrected chi connectivity index (χ2v) is 3.72. The molecule has 1 atom stereocenters. The van der Waals surface area contributed by atoms with E-state index in [2.05, 4.69) is 6.08 Å². The highest BCUT2D eigenvalue weighted by molar-refractivity contribution is 6.02. The fraction of sp³-hybridized carbons (Fsp3) is 0.462. The minimum absolute atomic E-state index is 0.190. The van der Waals surface area contributed by atoms with Crippen LogP contribution in [0.1, 0.15) is 33.6 Å². The molecule has 0 bridgehead atoms. The van der Waals surface area contributed by atoms with Crippen LogP contribution in [0.5, 0.6) is 0 Å². The fourth-order valence-electron chi connectivity index (χ4n) is 1.74. The molecular weight excluding hydrogens is 172 g/mol. The predicted molar refractivity (Wildman–Crippen MR) is 60.1 cm³/mol. The lowest BCUT2D eigenvalue weighted by atomic mass is 9.81. The summed E-state index contributed by atoms with van der Waals surface area (Å²) in [5.74, 6) is 0.484. The van der Waals surface area contributed by atoms with Gasteiger partial charge in [-0.05, 0) is 32.3 Å². The highest BCUT2D eigenvalue weighted by atomic mass is 16.1. The lowest BCUT2D eigenvalue weighted by Crippen LogP contribution is -2.20. The maximum Gasteiger partial charge on any atom is 0.165 e. The maximum atomic E-state index is 11.9. The van der Waals surface area contributed by atoms with Gasteiger partial charge in [-0.3, -0.25) is 4.79 Å². The molecule has 1 rings (SSSR count). The van der Waals surface area contributed by atoms with Gasteiger partial charge < -0.3 is 0 Å². The summed E-state index contributed by atoms with van der Waals surface area (Å²) in [6, 6.07) is 0. The van der Waals surface area contributed by atoms with E-state index in [-0.39, 0.29) is 5.92 Å². The first-order valence-electron chi connectivity index (χ1n) is 5.23.